The number of methoxy groups -OCH3 is 1. The Kier molecular flexibility index (Phi) is 2.48. The van der Waals surface area contributed by atoms with E-state index in [1.54, 1.807) is 7.11 Å². The van der Waals surface area contributed by atoms with E-state index in [4.69, 9.17) is 4.74 Å². The van der Waals surface area contributed by atoms with E-state index in [1.807, 2.05) is 42.1 Å². The Bertz CT molecular complexity index is 689. The lowest BCUT2D eigenvalue weighted by atomic mass is 10.1. The van der Waals surface area contributed by atoms with Crippen LogP contribution in [0.1, 0.15) is 0 Å². The number of nitrogens with zero attached hydrogens (tertiary/aromatic N) is 3. The first-order valence-electron chi connectivity index (χ1n) is 5.71. The molecule has 4 heteroatoms. The molecule has 3 aromatic rings. The molecule has 1 aromatic carbocycles. The minimum Gasteiger partial charge on any atom is -0.468 e. The quantitative estimate of drug-likeness (QED) is 0.690. The lowest BCUT2D eigenvalue weighted by Crippen LogP contribution is -1.94. The highest BCUT2D eigenvalue weighted by Crippen LogP contribution is 2.24. The smallest absolute Gasteiger partial charge is 0.298 e. The molecule has 0 aliphatic heterocycles. The maximum absolute atomic E-state index is 5.19. The standard InChI is InChI=1S/C14H13N3O/c1-17-13-12(16-14(17)18-2)8-11(9-15-13)10-6-4-3-5-7-10/h3-9H,1-2H3. The van der Waals surface area contributed by atoms with Crippen molar-refractivity contribution in [1.82, 2.24) is 14.5 Å². The number of pyridine rings is 1. The van der Waals surface area contributed by atoms with Gasteiger partial charge in [0.05, 0.1) is 7.11 Å². The molecule has 0 saturated carbocycles. The summed E-state index contributed by atoms with van der Waals surface area (Å²) >= 11 is 0. The van der Waals surface area contributed by atoms with Gasteiger partial charge in [-0.15, -0.1) is 0 Å². The van der Waals surface area contributed by atoms with Crippen molar-refractivity contribution >= 4 is 11.2 Å². The number of imidazole rings is 1. The Hall–Kier alpha value is -2.36. The van der Waals surface area contributed by atoms with Crippen LogP contribution in [0.5, 0.6) is 6.01 Å². The first-order valence-corrected chi connectivity index (χ1v) is 5.71. The normalized spacial score (nSPS) is 10.8. The van der Waals surface area contributed by atoms with Crippen molar-refractivity contribution in [2.45, 2.75) is 0 Å². The second-order valence-electron chi connectivity index (χ2n) is 4.09. The molecule has 18 heavy (non-hydrogen) atoms. The van der Waals surface area contributed by atoms with Gasteiger partial charge in [0.2, 0.25) is 0 Å². The third-order valence-corrected chi connectivity index (χ3v) is 2.96. The molecule has 90 valence electrons. The molecule has 0 aliphatic carbocycles. The van der Waals surface area contributed by atoms with E-state index in [1.165, 1.54) is 0 Å². The third-order valence-electron chi connectivity index (χ3n) is 2.96. The number of rotatable bonds is 2. The Morgan fingerprint density at radius 2 is 1.89 bits per heavy atom. The second kappa shape index (κ2) is 4.14. The highest BCUT2D eigenvalue weighted by Gasteiger charge is 2.09. The van der Waals surface area contributed by atoms with Gasteiger partial charge in [0.25, 0.3) is 6.01 Å². The number of hydrogen-bond acceptors (Lipinski definition) is 3. The lowest BCUT2D eigenvalue weighted by Gasteiger charge is -2.01. The minimum atomic E-state index is 0.572. The van der Waals surface area contributed by atoms with Crippen molar-refractivity contribution in [1.29, 1.82) is 0 Å². The Balaban J connectivity index is 2.17. The molecule has 2 aromatic heterocycles. The van der Waals surface area contributed by atoms with Gasteiger partial charge in [0.1, 0.15) is 5.52 Å². The second-order valence-corrected chi connectivity index (χ2v) is 4.09. The molecule has 0 N–H and O–H groups in total. The molecule has 0 spiro atoms. The molecule has 0 atom stereocenters. The van der Waals surface area contributed by atoms with Crippen LogP contribution in [0.15, 0.2) is 42.6 Å². The Morgan fingerprint density at radius 3 is 2.61 bits per heavy atom. The lowest BCUT2D eigenvalue weighted by molar-refractivity contribution is 0.368. The number of ether oxygens (including phenoxy) is 1. The van der Waals surface area contributed by atoms with Crippen LogP contribution in [0.25, 0.3) is 22.3 Å². The fourth-order valence-electron chi connectivity index (χ4n) is 2.03. The number of aryl methyl sites for hydroxylation is 1. The van der Waals surface area contributed by atoms with E-state index in [2.05, 4.69) is 22.1 Å². The number of fused-ring (bicyclic) bond motifs is 1. The molecule has 4 nitrogen and oxygen atoms in total. The van der Waals surface area contributed by atoms with Gasteiger partial charge in [0, 0.05) is 18.8 Å². The van der Waals surface area contributed by atoms with E-state index in [0.29, 0.717) is 6.01 Å². The van der Waals surface area contributed by atoms with Crippen LogP contribution in [0.2, 0.25) is 0 Å². The highest BCUT2D eigenvalue weighted by molar-refractivity contribution is 5.79. The van der Waals surface area contributed by atoms with E-state index < -0.39 is 0 Å². The summed E-state index contributed by atoms with van der Waals surface area (Å²) in [5.74, 6) is 0. The molecule has 0 radical (unpaired) electrons. The van der Waals surface area contributed by atoms with Gasteiger partial charge < -0.3 is 4.74 Å². The van der Waals surface area contributed by atoms with Gasteiger partial charge in [0.15, 0.2) is 5.65 Å². The van der Waals surface area contributed by atoms with Crippen molar-refractivity contribution in [3.05, 3.63) is 42.6 Å². The summed E-state index contributed by atoms with van der Waals surface area (Å²) in [5.41, 5.74) is 3.86. The predicted molar refractivity (Wildman–Crippen MR) is 70.5 cm³/mol. The summed E-state index contributed by atoms with van der Waals surface area (Å²) in [5, 5.41) is 0. The maximum Gasteiger partial charge on any atom is 0.298 e. The van der Waals surface area contributed by atoms with Crippen LogP contribution in [0.3, 0.4) is 0 Å². The summed E-state index contributed by atoms with van der Waals surface area (Å²) in [7, 11) is 3.50. The van der Waals surface area contributed by atoms with Crippen LogP contribution < -0.4 is 4.74 Å². The molecule has 0 aliphatic rings. The van der Waals surface area contributed by atoms with Crippen LogP contribution in [0.4, 0.5) is 0 Å². The van der Waals surface area contributed by atoms with Gasteiger partial charge in [-0.05, 0) is 11.6 Å². The predicted octanol–water partition coefficient (Wildman–Crippen LogP) is 2.64. The fraction of sp³-hybridized carbons (Fsp3) is 0.143. The van der Waals surface area contributed by atoms with Gasteiger partial charge in [-0.2, -0.15) is 4.98 Å². The van der Waals surface area contributed by atoms with Crippen molar-refractivity contribution in [3.63, 3.8) is 0 Å². The minimum absolute atomic E-state index is 0.572. The fourth-order valence-corrected chi connectivity index (χ4v) is 2.03. The van der Waals surface area contributed by atoms with Crippen molar-refractivity contribution in [3.8, 4) is 17.1 Å². The first kappa shape index (κ1) is 10.8. The molecule has 2 heterocycles. The summed E-state index contributed by atoms with van der Waals surface area (Å²) in [4.78, 5) is 8.84. The van der Waals surface area contributed by atoms with E-state index in [-0.39, 0.29) is 0 Å². The molecule has 0 amide bonds. The molecule has 0 bridgehead atoms. The van der Waals surface area contributed by atoms with E-state index >= 15 is 0 Å². The molecule has 3 rings (SSSR count). The number of benzene rings is 1. The summed E-state index contributed by atoms with van der Waals surface area (Å²) in [6, 6.07) is 12.7. The van der Waals surface area contributed by atoms with E-state index in [0.717, 1.165) is 22.3 Å². The topological polar surface area (TPSA) is 39.9 Å². The van der Waals surface area contributed by atoms with E-state index in [9.17, 15) is 0 Å². The average Bonchev–Trinajstić information content (AvgIpc) is 2.76. The van der Waals surface area contributed by atoms with Crippen molar-refractivity contribution in [2.75, 3.05) is 7.11 Å². The average molecular weight is 239 g/mol. The maximum atomic E-state index is 5.19. The van der Waals surface area contributed by atoms with Crippen molar-refractivity contribution < 1.29 is 4.74 Å². The van der Waals surface area contributed by atoms with Gasteiger partial charge in [-0.1, -0.05) is 30.3 Å². The van der Waals surface area contributed by atoms with Crippen molar-refractivity contribution in [2.24, 2.45) is 7.05 Å². The largest absolute Gasteiger partial charge is 0.468 e. The number of hydrogen-bond donors (Lipinski definition) is 0. The monoisotopic (exact) mass is 239 g/mol. The third kappa shape index (κ3) is 1.62. The molecular weight excluding hydrogens is 226 g/mol. The van der Waals surface area contributed by atoms with Crippen LogP contribution >= 0.6 is 0 Å². The molecule has 0 saturated heterocycles. The zero-order valence-corrected chi connectivity index (χ0v) is 10.3. The zero-order chi connectivity index (χ0) is 12.5. The highest BCUT2D eigenvalue weighted by atomic mass is 16.5. The molecule has 0 unspecified atom stereocenters. The SMILES string of the molecule is COc1nc2cc(-c3ccccc3)cnc2n1C. The van der Waals surface area contributed by atoms with Crippen LogP contribution in [-0.2, 0) is 7.05 Å². The summed E-state index contributed by atoms with van der Waals surface area (Å²) in [6.07, 6.45) is 1.86. The first-order chi connectivity index (χ1) is 8.79. The Morgan fingerprint density at radius 1 is 1.11 bits per heavy atom. The molecule has 0 fully saturated rings. The van der Waals surface area contributed by atoms with Gasteiger partial charge >= 0.3 is 0 Å². The van der Waals surface area contributed by atoms with Crippen LogP contribution in [-0.4, -0.2) is 21.6 Å². The summed E-state index contributed by atoms with van der Waals surface area (Å²) in [6.45, 7) is 0. The summed E-state index contributed by atoms with van der Waals surface area (Å²) < 4.78 is 7.02. The van der Waals surface area contributed by atoms with Gasteiger partial charge in [-0.3, -0.25) is 4.57 Å². The molecular formula is C14H13N3O. The number of aromatic nitrogens is 3. The van der Waals surface area contributed by atoms with Gasteiger partial charge in [-0.25, -0.2) is 4.98 Å². The zero-order valence-electron chi connectivity index (χ0n) is 10.3. The Labute approximate surface area is 105 Å². The van der Waals surface area contributed by atoms with Crippen LogP contribution in [0, 0.1) is 0 Å².